The smallest absolute Gasteiger partial charge is 0.355 e. The molecule has 0 fully saturated rings. The van der Waals surface area contributed by atoms with Crippen LogP contribution in [-0.2, 0) is 30.3 Å². The van der Waals surface area contributed by atoms with Crippen molar-refractivity contribution in [3.8, 4) is 11.4 Å². The molecule has 0 saturated heterocycles. The van der Waals surface area contributed by atoms with E-state index < -0.39 is 11.9 Å². The first kappa shape index (κ1) is 21.3. The average molecular weight is 434 g/mol. The van der Waals surface area contributed by atoms with E-state index in [9.17, 15) is 9.59 Å². The second-order valence-corrected chi connectivity index (χ2v) is 7.03. The van der Waals surface area contributed by atoms with Crippen LogP contribution in [0.2, 0.25) is 0 Å². The summed E-state index contributed by atoms with van der Waals surface area (Å²) in [5, 5.41) is 8.31. The fourth-order valence-electron chi connectivity index (χ4n) is 3.51. The van der Waals surface area contributed by atoms with Crippen molar-refractivity contribution < 1.29 is 23.8 Å². The molecule has 0 spiro atoms. The van der Waals surface area contributed by atoms with Gasteiger partial charge in [0.1, 0.15) is 18.8 Å². The van der Waals surface area contributed by atoms with E-state index in [2.05, 4.69) is 10.2 Å². The first-order chi connectivity index (χ1) is 15.6. The largest absolute Gasteiger partial charge is 0.466 e. The predicted molar refractivity (Wildman–Crippen MR) is 115 cm³/mol. The molecule has 4 rings (SSSR count). The normalized spacial score (nSPS) is 13.8. The number of hydrogen-bond acceptors (Lipinski definition) is 8. The zero-order valence-electron chi connectivity index (χ0n) is 17.7. The summed E-state index contributed by atoms with van der Waals surface area (Å²) in [5.41, 5.74) is 2.86. The monoisotopic (exact) mass is 434 g/mol. The standard InChI is InChI=1S/C23H22N4O5/c1-30-22(28)19-13-32-15-27(20(19)23(29)31-2)18-10-8-17(9-11-18)21-25-24-14-26(21)12-16-6-4-3-5-7-16/h3-11,14H,12-13,15H2,1-2H3. The summed E-state index contributed by atoms with van der Waals surface area (Å²) in [6, 6.07) is 17.4. The maximum atomic E-state index is 12.4. The zero-order valence-corrected chi connectivity index (χ0v) is 17.7. The molecule has 1 aliphatic heterocycles. The second-order valence-electron chi connectivity index (χ2n) is 7.03. The first-order valence-corrected chi connectivity index (χ1v) is 9.89. The molecule has 0 amide bonds. The van der Waals surface area contributed by atoms with E-state index in [-0.39, 0.29) is 24.6 Å². The summed E-state index contributed by atoms with van der Waals surface area (Å²) in [7, 11) is 2.52. The van der Waals surface area contributed by atoms with Crippen LogP contribution in [0.3, 0.4) is 0 Å². The van der Waals surface area contributed by atoms with Crippen molar-refractivity contribution in [3.63, 3.8) is 0 Å². The SMILES string of the molecule is COC(=O)C1=C(C(=O)OC)N(c2ccc(-c3nncn3Cc3ccccc3)cc2)COC1. The average Bonchev–Trinajstić information content (AvgIpc) is 3.31. The quantitative estimate of drug-likeness (QED) is 0.546. The number of methoxy groups -OCH3 is 2. The molecule has 1 aliphatic rings. The summed E-state index contributed by atoms with van der Waals surface area (Å²) in [4.78, 5) is 26.2. The number of carbonyl (C=O) groups is 2. The van der Waals surface area contributed by atoms with Gasteiger partial charge >= 0.3 is 11.9 Å². The van der Waals surface area contributed by atoms with Gasteiger partial charge < -0.3 is 23.7 Å². The Morgan fingerprint density at radius 1 is 1.00 bits per heavy atom. The first-order valence-electron chi connectivity index (χ1n) is 9.89. The lowest BCUT2D eigenvalue weighted by molar-refractivity contribution is -0.140. The van der Waals surface area contributed by atoms with Gasteiger partial charge in [-0.15, -0.1) is 10.2 Å². The van der Waals surface area contributed by atoms with Crippen molar-refractivity contribution in [1.29, 1.82) is 0 Å². The predicted octanol–water partition coefficient (Wildman–Crippen LogP) is 2.39. The number of aromatic nitrogens is 3. The van der Waals surface area contributed by atoms with Gasteiger partial charge in [-0.25, -0.2) is 9.59 Å². The van der Waals surface area contributed by atoms with Crippen LogP contribution < -0.4 is 4.90 Å². The molecule has 2 heterocycles. The van der Waals surface area contributed by atoms with Crippen molar-refractivity contribution in [2.24, 2.45) is 0 Å². The Labute approximate surface area is 184 Å². The van der Waals surface area contributed by atoms with Crippen molar-refractivity contribution in [2.75, 3.05) is 32.5 Å². The topological polar surface area (TPSA) is 95.8 Å². The van der Waals surface area contributed by atoms with Gasteiger partial charge in [-0.1, -0.05) is 30.3 Å². The van der Waals surface area contributed by atoms with E-state index in [1.165, 1.54) is 14.2 Å². The Morgan fingerprint density at radius 2 is 1.72 bits per heavy atom. The molecule has 3 aromatic rings. The molecule has 0 atom stereocenters. The molecular formula is C23H22N4O5. The lowest BCUT2D eigenvalue weighted by Crippen LogP contribution is -2.38. The van der Waals surface area contributed by atoms with Crippen LogP contribution in [0.4, 0.5) is 5.69 Å². The van der Waals surface area contributed by atoms with Gasteiger partial charge in [-0.05, 0) is 29.8 Å². The van der Waals surface area contributed by atoms with Crippen LogP contribution in [0.25, 0.3) is 11.4 Å². The van der Waals surface area contributed by atoms with E-state index in [4.69, 9.17) is 14.2 Å². The van der Waals surface area contributed by atoms with Crippen LogP contribution in [0.1, 0.15) is 5.56 Å². The van der Waals surface area contributed by atoms with Gasteiger partial charge in [0.25, 0.3) is 0 Å². The summed E-state index contributed by atoms with van der Waals surface area (Å²) >= 11 is 0. The van der Waals surface area contributed by atoms with Gasteiger partial charge in [0.05, 0.1) is 32.9 Å². The summed E-state index contributed by atoms with van der Waals surface area (Å²) in [6.07, 6.45) is 1.69. The molecule has 9 heteroatoms. The fraction of sp³-hybridized carbons (Fsp3) is 0.217. The number of ether oxygens (including phenoxy) is 3. The van der Waals surface area contributed by atoms with Crippen LogP contribution >= 0.6 is 0 Å². The molecule has 32 heavy (non-hydrogen) atoms. The van der Waals surface area contributed by atoms with E-state index in [0.29, 0.717) is 18.1 Å². The minimum Gasteiger partial charge on any atom is -0.466 e. The molecule has 164 valence electrons. The van der Waals surface area contributed by atoms with E-state index in [1.807, 2.05) is 59.2 Å². The molecular weight excluding hydrogens is 412 g/mol. The minimum atomic E-state index is -0.639. The summed E-state index contributed by atoms with van der Waals surface area (Å²) in [6.45, 7) is 0.700. The van der Waals surface area contributed by atoms with Gasteiger partial charge in [-0.2, -0.15) is 0 Å². The van der Waals surface area contributed by atoms with Gasteiger partial charge in [0.15, 0.2) is 5.82 Å². The van der Waals surface area contributed by atoms with Crippen LogP contribution in [-0.4, -0.2) is 54.3 Å². The van der Waals surface area contributed by atoms with Crippen molar-refractivity contribution in [2.45, 2.75) is 6.54 Å². The number of rotatable bonds is 6. The Bertz CT molecular complexity index is 1140. The molecule has 9 nitrogen and oxygen atoms in total. The second kappa shape index (κ2) is 9.44. The highest BCUT2D eigenvalue weighted by molar-refractivity contribution is 6.03. The highest BCUT2D eigenvalue weighted by Gasteiger charge is 2.32. The number of nitrogens with zero attached hydrogens (tertiary/aromatic N) is 4. The maximum absolute atomic E-state index is 12.4. The van der Waals surface area contributed by atoms with Crippen molar-refractivity contribution in [3.05, 3.63) is 77.8 Å². The lowest BCUT2D eigenvalue weighted by atomic mass is 10.1. The number of esters is 2. The Hall–Kier alpha value is -3.98. The third kappa shape index (κ3) is 4.23. The zero-order chi connectivity index (χ0) is 22.5. The van der Waals surface area contributed by atoms with Crippen molar-refractivity contribution >= 4 is 17.6 Å². The number of benzene rings is 2. The molecule has 1 aromatic heterocycles. The van der Waals surface area contributed by atoms with Gasteiger partial charge in [-0.3, -0.25) is 0 Å². The third-order valence-electron chi connectivity index (χ3n) is 5.08. The number of hydrogen-bond donors (Lipinski definition) is 0. The van der Waals surface area contributed by atoms with Crippen LogP contribution in [0.15, 0.2) is 72.2 Å². The van der Waals surface area contributed by atoms with Gasteiger partial charge in [0, 0.05) is 11.3 Å². The van der Waals surface area contributed by atoms with Crippen LogP contribution in [0, 0.1) is 0 Å². The molecule has 2 aromatic carbocycles. The van der Waals surface area contributed by atoms with Crippen molar-refractivity contribution in [1.82, 2.24) is 14.8 Å². The molecule has 0 radical (unpaired) electrons. The minimum absolute atomic E-state index is 0.0335. The molecule has 0 aliphatic carbocycles. The van der Waals surface area contributed by atoms with E-state index in [0.717, 1.165) is 11.1 Å². The highest BCUT2D eigenvalue weighted by Crippen LogP contribution is 2.29. The Morgan fingerprint density at radius 3 is 2.41 bits per heavy atom. The summed E-state index contributed by atoms with van der Waals surface area (Å²) in [5.74, 6) is -0.560. The highest BCUT2D eigenvalue weighted by atomic mass is 16.5. The van der Waals surface area contributed by atoms with E-state index >= 15 is 0 Å². The Balaban J connectivity index is 1.64. The van der Waals surface area contributed by atoms with Gasteiger partial charge in [0.2, 0.25) is 0 Å². The number of anilines is 1. The maximum Gasteiger partial charge on any atom is 0.355 e. The lowest BCUT2D eigenvalue weighted by Gasteiger charge is -2.31. The third-order valence-corrected chi connectivity index (χ3v) is 5.08. The summed E-state index contributed by atoms with van der Waals surface area (Å²) < 4.78 is 17.2. The fourth-order valence-corrected chi connectivity index (χ4v) is 3.51. The molecule has 0 N–H and O–H groups in total. The Kier molecular flexibility index (Phi) is 6.27. The molecule has 0 saturated carbocycles. The van der Waals surface area contributed by atoms with Crippen LogP contribution in [0.5, 0.6) is 0 Å². The number of carbonyl (C=O) groups excluding carboxylic acids is 2. The molecule has 0 bridgehead atoms. The van der Waals surface area contributed by atoms with E-state index in [1.54, 1.807) is 11.2 Å². The molecule has 0 unspecified atom stereocenters.